The van der Waals surface area contributed by atoms with E-state index >= 15 is 0 Å². The highest BCUT2D eigenvalue weighted by molar-refractivity contribution is 7.18. The van der Waals surface area contributed by atoms with Gasteiger partial charge in [-0.1, -0.05) is 37.3 Å². The van der Waals surface area contributed by atoms with E-state index in [0.29, 0.717) is 6.42 Å². The highest BCUT2D eigenvalue weighted by Crippen LogP contribution is 2.36. The van der Waals surface area contributed by atoms with Gasteiger partial charge in [0.05, 0.1) is 5.39 Å². The first-order chi connectivity index (χ1) is 13.8. The molecular weight excluding hydrogens is 370 g/mol. The van der Waals surface area contributed by atoms with Crippen LogP contribution in [0.1, 0.15) is 23.2 Å². The lowest BCUT2D eigenvalue weighted by atomic mass is 10.1. The van der Waals surface area contributed by atoms with Crippen molar-refractivity contribution in [1.82, 2.24) is 9.97 Å². The van der Waals surface area contributed by atoms with Crippen molar-refractivity contribution >= 4 is 33.1 Å². The van der Waals surface area contributed by atoms with Gasteiger partial charge < -0.3 is 14.8 Å². The molecule has 1 aliphatic rings. The molecule has 140 valence electrons. The SMILES string of the molecule is CCc1cc2c(Nc3ccc4c(c3)OCO4)nc(Cc3ccccc3)nc2s1. The third kappa shape index (κ3) is 3.27. The molecule has 5 nitrogen and oxygen atoms in total. The van der Waals surface area contributed by atoms with Gasteiger partial charge in [0, 0.05) is 23.1 Å². The molecule has 3 heterocycles. The Labute approximate surface area is 167 Å². The monoisotopic (exact) mass is 389 g/mol. The number of aromatic nitrogens is 2. The summed E-state index contributed by atoms with van der Waals surface area (Å²) < 4.78 is 10.9. The Morgan fingerprint density at radius 1 is 1.00 bits per heavy atom. The third-order valence-corrected chi connectivity index (χ3v) is 5.85. The fourth-order valence-corrected chi connectivity index (χ4v) is 4.24. The maximum atomic E-state index is 5.50. The number of anilines is 2. The van der Waals surface area contributed by atoms with Crippen molar-refractivity contribution in [3.63, 3.8) is 0 Å². The van der Waals surface area contributed by atoms with Crippen LogP contribution in [0.3, 0.4) is 0 Å². The number of rotatable bonds is 5. The topological polar surface area (TPSA) is 56.3 Å². The Bertz CT molecular complexity index is 1140. The van der Waals surface area contributed by atoms with Gasteiger partial charge >= 0.3 is 0 Å². The van der Waals surface area contributed by atoms with Crippen molar-refractivity contribution in [2.45, 2.75) is 19.8 Å². The van der Waals surface area contributed by atoms with Crippen LogP contribution in [-0.2, 0) is 12.8 Å². The Morgan fingerprint density at radius 2 is 1.86 bits per heavy atom. The second-order valence-corrected chi connectivity index (χ2v) is 7.74. The fraction of sp³-hybridized carbons (Fsp3) is 0.182. The Kier molecular flexibility index (Phi) is 4.33. The lowest BCUT2D eigenvalue weighted by molar-refractivity contribution is 0.174. The fourth-order valence-electron chi connectivity index (χ4n) is 3.25. The minimum Gasteiger partial charge on any atom is -0.454 e. The normalized spacial score (nSPS) is 12.5. The van der Waals surface area contributed by atoms with E-state index in [1.807, 2.05) is 36.4 Å². The van der Waals surface area contributed by atoms with E-state index < -0.39 is 0 Å². The molecule has 0 aliphatic carbocycles. The summed E-state index contributed by atoms with van der Waals surface area (Å²) in [5, 5.41) is 4.51. The lowest BCUT2D eigenvalue weighted by Crippen LogP contribution is -2.01. The third-order valence-electron chi connectivity index (χ3n) is 4.68. The number of hydrogen-bond donors (Lipinski definition) is 1. The average Bonchev–Trinajstić information content (AvgIpc) is 3.35. The van der Waals surface area contributed by atoms with E-state index in [0.717, 1.165) is 45.5 Å². The number of hydrogen-bond acceptors (Lipinski definition) is 6. The van der Waals surface area contributed by atoms with Crippen LogP contribution in [0.5, 0.6) is 11.5 Å². The van der Waals surface area contributed by atoms with E-state index in [1.54, 1.807) is 11.3 Å². The molecule has 0 spiro atoms. The van der Waals surface area contributed by atoms with Crippen LogP contribution < -0.4 is 14.8 Å². The van der Waals surface area contributed by atoms with E-state index in [4.69, 9.17) is 19.4 Å². The molecule has 0 amide bonds. The second-order valence-electron chi connectivity index (χ2n) is 6.63. The van der Waals surface area contributed by atoms with Gasteiger partial charge in [0.1, 0.15) is 16.5 Å². The zero-order chi connectivity index (χ0) is 18.9. The molecule has 28 heavy (non-hydrogen) atoms. The van der Waals surface area contributed by atoms with Crippen LogP contribution in [0.25, 0.3) is 10.2 Å². The molecule has 0 atom stereocenters. The number of fused-ring (bicyclic) bond motifs is 2. The number of aryl methyl sites for hydroxylation is 1. The van der Waals surface area contributed by atoms with E-state index in [2.05, 4.69) is 30.4 Å². The molecule has 2 aromatic heterocycles. The van der Waals surface area contributed by atoms with Crippen LogP contribution in [0, 0.1) is 0 Å². The van der Waals surface area contributed by atoms with E-state index in [9.17, 15) is 0 Å². The standard InChI is InChI=1S/C22H19N3O2S/c1-2-16-12-17-21(23-15-8-9-18-19(11-15)27-13-26-18)24-20(25-22(17)28-16)10-14-6-4-3-5-7-14/h3-9,11-12H,2,10,13H2,1H3,(H,23,24,25). The zero-order valence-electron chi connectivity index (χ0n) is 15.4. The van der Waals surface area contributed by atoms with Gasteiger partial charge in [-0.25, -0.2) is 9.97 Å². The highest BCUT2D eigenvalue weighted by Gasteiger charge is 2.16. The van der Waals surface area contributed by atoms with Gasteiger partial charge in [-0.15, -0.1) is 11.3 Å². The van der Waals surface area contributed by atoms with Crippen molar-refractivity contribution < 1.29 is 9.47 Å². The van der Waals surface area contributed by atoms with Crippen molar-refractivity contribution in [2.24, 2.45) is 0 Å². The van der Waals surface area contributed by atoms with Gasteiger partial charge in [-0.2, -0.15) is 0 Å². The van der Waals surface area contributed by atoms with Crippen LogP contribution in [0.4, 0.5) is 11.5 Å². The van der Waals surface area contributed by atoms with Crippen molar-refractivity contribution in [2.75, 3.05) is 12.1 Å². The van der Waals surface area contributed by atoms with Crippen molar-refractivity contribution in [1.29, 1.82) is 0 Å². The summed E-state index contributed by atoms with van der Waals surface area (Å²) in [4.78, 5) is 12.0. The number of nitrogens with one attached hydrogen (secondary N) is 1. The first kappa shape index (κ1) is 17.0. The summed E-state index contributed by atoms with van der Waals surface area (Å²) in [5.41, 5.74) is 2.11. The molecule has 2 aromatic carbocycles. The highest BCUT2D eigenvalue weighted by atomic mass is 32.1. The molecule has 1 aliphatic heterocycles. The number of thiophene rings is 1. The van der Waals surface area contributed by atoms with E-state index in [-0.39, 0.29) is 6.79 Å². The molecule has 1 N–H and O–H groups in total. The maximum Gasteiger partial charge on any atom is 0.231 e. The van der Waals surface area contributed by atoms with Gasteiger partial charge in [0.15, 0.2) is 11.5 Å². The minimum atomic E-state index is 0.266. The molecule has 0 saturated heterocycles. The van der Waals surface area contributed by atoms with Crippen LogP contribution >= 0.6 is 11.3 Å². The Hall–Kier alpha value is -3.12. The van der Waals surface area contributed by atoms with Crippen LogP contribution in [-0.4, -0.2) is 16.8 Å². The van der Waals surface area contributed by atoms with Crippen LogP contribution in [0.2, 0.25) is 0 Å². The van der Waals surface area contributed by atoms with Gasteiger partial charge in [-0.3, -0.25) is 0 Å². The molecule has 0 radical (unpaired) electrons. The summed E-state index contributed by atoms with van der Waals surface area (Å²) >= 11 is 1.73. The summed E-state index contributed by atoms with van der Waals surface area (Å²) in [6, 6.07) is 18.3. The van der Waals surface area contributed by atoms with Gasteiger partial charge in [-0.05, 0) is 30.2 Å². The lowest BCUT2D eigenvalue weighted by Gasteiger charge is -2.10. The van der Waals surface area contributed by atoms with Crippen molar-refractivity contribution in [3.8, 4) is 11.5 Å². The summed E-state index contributed by atoms with van der Waals surface area (Å²) in [6.45, 7) is 2.43. The maximum absolute atomic E-state index is 5.50. The first-order valence-electron chi connectivity index (χ1n) is 9.28. The Balaban J connectivity index is 1.54. The van der Waals surface area contributed by atoms with Crippen LogP contribution in [0.15, 0.2) is 54.6 Å². The predicted octanol–water partition coefficient (Wildman–Crippen LogP) is 5.32. The number of ether oxygens (including phenoxy) is 2. The molecular formula is C22H19N3O2S. The molecule has 0 unspecified atom stereocenters. The molecule has 0 saturated carbocycles. The minimum absolute atomic E-state index is 0.266. The molecule has 0 bridgehead atoms. The molecule has 6 heteroatoms. The van der Waals surface area contributed by atoms with Gasteiger partial charge in [0.25, 0.3) is 0 Å². The van der Waals surface area contributed by atoms with E-state index in [1.165, 1.54) is 10.4 Å². The van der Waals surface area contributed by atoms with Gasteiger partial charge in [0.2, 0.25) is 6.79 Å². The quantitative estimate of drug-likeness (QED) is 0.501. The molecule has 0 fully saturated rings. The summed E-state index contributed by atoms with van der Waals surface area (Å²) in [7, 11) is 0. The summed E-state index contributed by atoms with van der Waals surface area (Å²) in [6.07, 6.45) is 1.68. The molecule has 4 aromatic rings. The number of nitrogens with zero attached hydrogens (tertiary/aromatic N) is 2. The van der Waals surface area contributed by atoms with Crippen molar-refractivity contribution in [3.05, 3.63) is 70.9 Å². The number of benzene rings is 2. The smallest absolute Gasteiger partial charge is 0.231 e. The Morgan fingerprint density at radius 3 is 2.71 bits per heavy atom. The first-order valence-corrected chi connectivity index (χ1v) is 10.1. The summed E-state index contributed by atoms with van der Waals surface area (Å²) in [5.74, 6) is 3.16. The largest absolute Gasteiger partial charge is 0.454 e. The average molecular weight is 389 g/mol. The predicted molar refractivity (Wildman–Crippen MR) is 112 cm³/mol. The second kappa shape index (κ2) is 7.13. The zero-order valence-corrected chi connectivity index (χ0v) is 16.3. The molecule has 5 rings (SSSR count).